The molecule has 1 saturated heterocycles. The monoisotopic (exact) mass is 430 g/mol. The van der Waals surface area contributed by atoms with Gasteiger partial charge < -0.3 is 5.32 Å². The SMILES string of the molecule is O=C(NCCCn1cccn1)C1CN(S(=O)(=O)c2ccccc2)CC12CCCCC2. The second-order valence-corrected chi connectivity index (χ2v) is 10.4. The molecule has 2 fully saturated rings. The maximum atomic E-state index is 13.2. The number of hydrogen-bond acceptors (Lipinski definition) is 4. The number of carbonyl (C=O) groups is 1. The molecule has 30 heavy (non-hydrogen) atoms. The Morgan fingerprint density at radius 3 is 2.60 bits per heavy atom. The molecule has 1 aromatic heterocycles. The molecule has 7 nitrogen and oxygen atoms in total. The van der Waals surface area contributed by atoms with Crippen molar-refractivity contribution in [3.8, 4) is 0 Å². The van der Waals surface area contributed by atoms with E-state index in [1.807, 2.05) is 23.0 Å². The molecule has 1 aliphatic carbocycles. The summed E-state index contributed by atoms with van der Waals surface area (Å²) in [6, 6.07) is 10.4. The summed E-state index contributed by atoms with van der Waals surface area (Å²) in [6.07, 6.45) is 9.54. The number of benzene rings is 1. The summed E-state index contributed by atoms with van der Waals surface area (Å²) in [5.41, 5.74) is -0.244. The van der Waals surface area contributed by atoms with Crippen molar-refractivity contribution in [3.63, 3.8) is 0 Å². The van der Waals surface area contributed by atoms with Gasteiger partial charge >= 0.3 is 0 Å². The van der Waals surface area contributed by atoms with Crippen LogP contribution in [0.4, 0.5) is 0 Å². The number of amides is 1. The minimum absolute atomic E-state index is 0.0110. The smallest absolute Gasteiger partial charge is 0.243 e. The van der Waals surface area contributed by atoms with E-state index < -0.39 is 10.0 Å². The number of hydrogen-bond donors (Lipinski definition) is 1. The molecule has 1 aliphatic heterocycles. The van der Waals surface area contributed by atoms with Gasteiger partial charge in [0.2, 0.25) is 15.9 Å². The quantitative estimate of drug-likeness (QED) is 0.685. The van der Waals surface area contributed by atoms with Gasteiger partial charge in [0.15, 0.2) is 0 Å². The topological polar surface area (TPSA) is 84.3 Å². The molecule has 2 heterocycles. The zero-order valence-electron chi connectivity index (χ0n) is 17.2. The Labute approximate surface area is 178 Å². The van der Waals surface area contributed by atoms with E-state index in [-0.39, 0.29) is 23.8 Å². The van der Waals surface area contributed by atoms with Crippen molar-refractivity contribution in [2.24, 2.45) is 11.3 Å². The van der Waals surface area contributed by atoms with Gasteiger partial charge in [-0.05, 0) is 42.9 Å². The second kappa shape index (κ2) is 8.89. The molecular weight excluding hydrogens is 400 g/mol. The van der Waals surface area contributed by atoms with Crippen molar-refractivity contribution in [2.75, 3.05) is 19.6 Å². The fourth-order valence-corrected chi connectivity index (χ4v) is 6.55. The van der Waals surface area contributed by atoms with E-state index in [0.29, 0.717) is 18.0 Å². The first kappa shape index (κ1) is 21.1. The number of aryl methyl sites for hydroxylation is 1. The van der Waals surface area contributed by atoms with Crippen molar-refractivity contribution in [1.29, 1.82) is 0 Å². The fourth-order valence-electron chi connectivity index (χ4n) is 4.98. The van der Waals surface area contributed by atoms with Crippen molar-refractivity contribution in [2.45, 2.75) is 50.0 Å². The maximum absolute atomic E-state index is 13.2. The van der Waals surface area contributed by atoms with Crippen LogP contribution in [0.25, 0.3) is 0 Å². The third-order valence-electron chi connectivity index (χ3n) is 6.59. The van der Waals surface area contributed by atoms with E-state index in [2.05, 4.69) is 10.4 Å². The van der Waals surface area contributed by atoms with E-state index in [4.69, 9.17) is 0 Å². The van der Waals surface area contributed by atoms with E-state index >= 15 is 0 Å². The second-order valence-electron chi connectivity index (χ2n) is 8.50. The van der Waals surface area contributed by atoms with Crippen molar-refractivity contribution in [3.05, 3.63) is 48.8 Å². The van der Waals surface area contributed by atoms with Gasteiger partial charge in [-0.2, -0.15) is 9.40 Å². The van der Waals surface area contributed by atoms with Crippen LogP contribution in [-0.4, -0.2) is 48.0 Å². The normalized spacial score (nSPS) is 21.7. The van der Waals surface area contributed by atoms with Crippen molar-refractivity contribution < 1.29 is 13.2 Å². The van der Waals surface area contributed by atoms with Gasteiger partial charge in [0.25, 0.3) is 0 Å². The highest BCUT2D eigenvalue weighted by Crippen LogP contribution is 2.48. The minimum Gasteiger partial charge on any atom is -0.356 e. The van der Waals surface area contributed by atoms with Crippen molar-refractivity contribution >= 4 is 15.9 Å². The fraction of sp³-hybridized carbons (Fsp3) is 0.545. The Kier molecular flexibility index (Phi) is 6.24. The molecule has 1 atom stereocenters. The van der Waals surface area contributed by atoms with Crippen LogP contribution in [0.1, 0.15) is 38.5 Å². The molecule has 1 aromatic carbocycles. The molecule has 1 saturated carbocycles. The molecule has 8 heteroatoms. The molecule has 0 bridgehead atoms. The molecule has 1 spiro atoms. The number of nitrogens with one attached hydrogen (secondary N) is 1. The van der Waals surface area contributed by atoms with Gasteiger partial charge in [-0.25, -0.2) is 8.42 Å². The van der Waals surface area contributed by atoms with Gasteiger partial charge in [0, 0.05) is 38.6 Å². The van der Waals surface area contributed by atoms with E-state index in [1.54, 1.807) is 34.8 Å². The first-order chi connectivity index (χ1) is 14.5. The number of sulfonamides is 1. The Bertz CT molecular complexity index is 938. The van der Waals surface area contributed by atoms with E-state index in [0.717, 1.165) is 45.1 Å². The Morgan fingerprint density at radius 2 is 1.90 bits per heavy atom. The summed E-state index contributed by atoms with van der Waals surface area (Å²) in [5.74, 6) is -0.302. The lowest BCUT2D eigenvalue weighted by atomic mass is 9.67. The Balaban J connectivity index is 1.45. The van der Waals surface area contributed by atoms with Crippen LogP contribution in [0.2, 0.25) is 0 Å². The zero-order chi connectivity index (χ0) is 21.0. The van der Waals surface area contributed by atoms with Crippen molar-refractivity contribution in [1.82, 2.24) is 19.4 Å². The summed E-state index contributed by atoms with van der Waals surface area (Å²) in [7, 11) is -3.59. The van der Waals surface area contributed by atoms with Gasteiger partial charge in [-0.15, -0.1) is 0 Å². The van der Waals surface area contributed by atoms with Crippen LogP contribution in [0.5, 0.6) is 0 Å². The van der Waals surface area contributed by atoms with Gasteiger partial charge in [0.1, 0.15) is 0 Å². The summed E-state index contributed by atoms with van der Waals surface area (Å²) >= 11 is 0. The molecule has 1 amide bonds. The number of carbonyl (C=O) groups excluding carboxylic acids is 1. The van der Waals surface area contributed by atoms with Gasteiger partial charge in [-0.3, -0.25) is 9.48 Å². The summed E-state index contributed by atoms with van der Waals surface area (Å²) in [4.78, 5) is 13.4. The molecule has 162 valence electrons. The summed E-state index contributed by atoms with van der Waals surface area (Å²) in [6.45, 7) is 2.02. The van der Waals surface area contributed by atoms with Crippen LogP contribution in [0.3, 0.4) is 0 Å². The molecule has 1 unspecified atom stereocenters. The molecule has 4 rings (SSSR count). The summed E-state index contributed by atoms with van der Waals surface area (Å²) in [5, 5.41) is 7.24. The predicted molar refractivity (Wildman–Crippen MR) is 114 cm³/mol. The number of aromatic nitrogens is 2. The lowest BCUT2D eigenvalue weighted by molar-refractivity contribution is -0.128. The van der Waals surface area contributed by atoms with Crippen LogP contribution in [0, 0.1) is 11.3 Å². The lowest BCUT2D eigenvalue weighted by Gasteiger charge is -2.37. The molecule has 1 N–H and O–H groups in total. The highest BCUT2D eigenvalue weighted by molar-refractivity contribution is 7.89. The van der Waals surface area contributed by atoms with Gasteiger partial charge in [-0.1, -0.05) is 37.5 Å². The number of nitrogens with zero attached hydrogens (tertiary/aromatic N) is 3. The average molecular weight is 431 g/mol. The third kappa shape index (κ3) is 4.30. The highest BCUT2D eigenvalue weighted by Gasteiger charge is 2.52. The van der Waals surface area contributed by atoms with Gasteiger partial charge in [0.05, 0.1) is 10.8 Å². The van der Waals surface area contributed by atoms with E-state index in [9.17, 15) is 13.2 Å². The number of rotatable bonds is 7. The van der Waals surface area contributed by atoms with Crippen LogP contribution < -0.4 is 5.32 Å². The average Bonchev–Trinajstić information content (AvgIpc) is 3.41. The molecule has 0 radical (unpaired) electrons. The predicted octanol–water partition coefficient (Wildman–Crippen LogP) is 2.66. The lowest BCUT2D eigenvalue weighted by Crippen LogP contribution is -2.42. The molecular formula is C22H30N4O3S. The summed E-state index contributed by atoms with van der Waals surface area (Å²) < 4.78 is 29.8. The van der Waals surface area contributed by atoms with E-state index in [1.165, 1.54) is 0 Å². The van der Waals surface area contributed by atoms with Crippen LogP contribution in [0.15, 0.2) is 53.7 Å². The molecule has 2 aromatic rings. The molecule has 2 aliphatic rings. The first-order valence-corrected chi connectivity index (χ1v) is 12.3. The van der Waals surface area contributed by atoms with Crippen LogP contribution in [-0.2, 0) is 21.4 Å². The Morgan fingerprint density at radius 1 is 1.13 bits per heavy atom. The van der Waals surface area contributed by atoms with Crippen LogP contribution >= 0.6 is 0 Å². The Hall–Kier alpha value is -2.19. The highest BCUT2D eigenvalue weighted by atomic mass is 32.2. The minimum atomic E-state index is -3.59. The standard InChI is InChI=1S/C22H30N4O3S/c27-21(23-13-7-15-25-16-8-14-24-25)20-17-26(18-22(20)11-5-2-6-12-22)30(28,29)19-9-3-1-4-10-19/h1,3-4,8-10,14,16,20H,2,5-7,11-13,15,17-18H2,(H,23,27). The first-order valence-electron chi connectivity index (χ1n) is 10.8. The third-order valence-corrected chi connectivity index (χ3v) is 8.41. The largest absolute Gasteiger partial charge is 0.356 e. The zero-order valence-corrected chi connectivity index (χ0v) is 18.1. The maximum Gasteiger partial charge on any atom is 0.243 e.